The Morgan fingerprint density at radius 2 is 2.04 bits per heavy atom. The standard InChI is InChI=1S/C20H29N5O3/c1-15(21-19(26)9-13-27-2)20-23-22-18-8-10-24(11-12-25(18)20)14-16-6-4-5-7-17(16)28-3/h4-7,15H,8-14H2,1-3H3,(H,21,26). The summed E-state index contributed by atoms with van der Waals surface area (Å²) >= 11 is 0. The molecule has 1 aromatic heterocycles. The van der Waals surface area contributed by atoms with E-state index in [0.29, 0.717) is 13.0 Å². The molecule has 8 heteroatoms. The van der Waals surface area contributed by atoms with Crippen LogP contribution in [-0.2, 0) is 29.0 Å². The third-order valence-corrected chi connectivity index (χ3v) is 5.03. The van der Waals surface area contributed by atoms with E-state index in [-0.39, 0.29) is 11.9 Å². The van der Waals surface area contributed by atoms with Gasteiger partial charge in [0.25, 0.3) is 0 Å². The number of para-hydroxylation sites is 1. The Morgan fingerprint density at radius 3 is 2.82 bits per heavy atom. The zero-order valence-corrected chi connectivity index (χ0v) is 16.9. The first kappa shape index (κ1) is 20.3. The number of benzene rings is 1. The number of carbonyl (C=O) groups is 1. The maximum Gasteiger partial charge on any atom is 0.222 e. The molecule has 2 aromatic rings. The van der Waals surface area contributed by atoms with Crippen LogP contribution >= 0.6 is 0 Å². The molecule has 0 aliphatic carbocycles. The molecule has 0 radical (unpaired) electrons. The van der Waals surface area contributed by atoms with E-state index in [9.17, 15) is 4.79 Å². The molecule has 1 aliphatic rings. The average molecular weight is 387 g/mol. The van der Waals surface area contributed by atoms with Crippen LogP contribution in [0, 0.1) is 0 Å². The van der Waals surface area contributed by atoms with Crippen molar-refractivity contribution in [3.8, 4) is 5.75 Å². The zero-order valence-electron chi connectivity index (χ0n) is 16.9. The third kappa shape index (κ3) is 4.88. The zero-order chi connectivity index (χ0) is 19.9. The number of ether oxygens (including phenoxy) is 2. The minimum absolute atomic E-state index is 0.0434. The van der Waals surface area contributed by atoms with Crippen LogP contribution < -0.4 is 10.1 Å². The van der Waals surface area contributed by atoms with Crippen molar-refractivity contribution < 1.29 is 14.3 Å². The minimum Gasteiger partial charge on any atom is -0.496 e. The summed E-state index contributed by atoms with van der Waals surface area (Å²) in [6.45, 7) is 5.78. The van der Waals surface area contributed by atoms with E-state index in [2.05, 4.69) is 31.0 Å². The normalized spacial score (nSPS) is 15.5. The fourth-order valence-electron chi connectivity index (χ4n) is 3.51. The first-order valence-corrected chi connectivity index (χ1v) is 9.67. The Labute approximate surface area is 165 Å². The van der Waals surface area contributed by atoms with Crippen molar-refractivity contribution in [1.82, 2.24) is 25.0 Å². The van der Waals surface area contributed by atoms with Crippen LogP contribution in [0.25, 0.3) is 0 Å². The largest absolute Gasteiger partial charge is 0.496 e. The number of hydrogen-bond donors (Lipinski definition) is 1. The first-order chi connectivity index (χ1) is 13.6. The maximum absolute atomic E-state index is 12.0. The number of amides is 1. The van der Waals surface area contributed by atoms with Crippen LogP contribution in [0.1, 0.15) is 36.6 Å². The lowest BCUT2D eigenvalue weighted by molar-refractivity contribution is -0.122. The molecule has 0 saturated carbocycles. The van der Waals surface area contributed by atoms with E-state index >= 15 is 0 Å². The van der Waals surface area contributed by atoms with E-state index in [0.717, 1.165) is 50.0 Å². The SMILES string of the molecule is COCCC(=O)NC(C)c1nnc2n1CCN(Cc1ccccc1OC)CC2. The van der Waals surface area contributed by atoms with E-state index in [4.69, 9.17) is 9.47 Å². The van der Waals surface area contributed by atoms with E-state index in [1.54, 1.807) is 14.2 Å². The summed E-state index contributed by atoms with van der Waals surface area (Å²) < 4.78 is 12.6. The predicted octanol–water partition coefficient (Wildman–Crippen LogP) is 1.56. The Hall–Kier alpha value is -2.45. The van der Waals surface area contributed by atoms with Crippen molar-refractivity contribution in [1.29, 1.82) is 0 Å². The van der Waals surface area contributed by atoms with Gasteiger partial charge in [-0.1, -0.05) is 18.2 Å². The van der Waals surface area contributed by atoms with Gasteiger partial charge in [-0.05, 0) is 13.0 Å². The lowest BCUT2D eigenvalue weighted by atomic mass is 10.2. The molecule has 2 heterocycles. The molecule has 3 rings (SSSR count). The van der Waals surface area contributed by atoms with Gasteiger partial charge in [-0.25, -0.2) is 0 Å². The molecule has 1 aliphatic heterocycles. The molecule has 152 valence electrons. The molecule has 1 atom stereocenters. The van der Waals surface area contributed by atoms with Gasteiger partial charge in [0.15, 0.2) is 5.82 Å². The Morgan fingerprint density at radius 1 is 1.21 bits per heavy atom. The van der Waals surface area contributed by atoms with Crippen LogP contribution in [0.5, 0.6) is 5.75 Å². The quantitative estimate of drug-likeness (QED) is 0.740. The first-order valence-electron chi connectivity index (χ1n) is 9.67. The Balaban J connectivity index is 1.63. The molecule has 0 spiro atoms. The lowest BCUT2D eigenvalue weighted by Crippen LogP contribution is -2.30. The van der Waals surface area contributed by atoms with Crippen LogP contribution in [-0.4, -0.2) is 59.5 Å². The van der Waals surface area contributed by atoms with Gasteiger partial charge in [0.2, 0.25) is 5.91 Å². The molecular formula is C20H29N5O3. The van der Waals surface area contributed by atoms with Crippen LogP contribution in [0.2, 0.25) is 0 Å². The number of nitrogens with zero attached hydrogens (tertiary/aromatic N) is 4. The summed E-state index contributed by atoms with van der Waals surface area (Å²) in [6, 6.07) is 7.93. The molecule has 1 N–H and O–H groups in total. The summed E-state index contributed by atoms with van der Waals surface area (Å²) in [4.78, 5) is 14.4. The summed E-state index contributed by atoms with van der Waals surface area (Å²) in [7, 11) is 3.29. The number of methoxy groups -OCH3 is 2. The van der Waals surface area contributed by atoms with Crippen molar-refractivity contribution in [2.45, 2.75) is 38.9 Å². The van der Waals surface area contributed by atoms with Gasteiger partial charge < -0.3 is 19.4 Å². The minimum atomic E-state index is -0.189. The van der Waals surface area contributed by atoms with Gasteiger partial charge in [0.1, 0.15) is 11.6 Å². The fraction of sp³-hybridized carbons (Fsp3) is 0.550. The van der Waals surface area contributed by atoms with E-state index < -0.39 is 0 Å². The van der Waals surface area contributed by atoms with E-state index in [1.807, 2.05) is 25.1 Å². The third-order valence-electron chi connectivity index (χ3n) is 5.03. The Bertz CT molecular complexity index is 792. The molecule has 0 fully saturated rings. The highest BCUT2D eigenvalue weighted by atomic mass is 16.5. The highest BCUT2D eigenvalue weighted by Gasteiger charge is 2.23. The van der Waals surface area contributed by atoms with Gasteiger partial charge in [-0.15, -0.1) is 10.2 Å². The number of fused-ring (bicyclic) bond motifs is 1. The second kappa shape index (κ2) is 9.66. The molecule has 1 amide bonds. The maximum atomic E-state index is 12.0. The number of nitrogens with one attached hydrogen (secondary N) is 1. The smallest absolute Gasteiger partial charge is 0.222 e. The number of rotatable bonds is 8. The highest BCUT2D eigenvalue weighted by Crippen LogP contribution is 2.21. The van der Waals surface area contributed by atoms with Crippen molar-refractivity contribution in [3.63, 3.8) is 0 Å². The van der Waals surface area contributed by atoms with Crippen molar-refractivity contribution >= 4 is 5.91 Å². The second-order valence-corrected chi connectivity index (χ2v) is 7.00. The summed E-state index contributed by atoms with van der Waals surface area (Å²) in [5.74, 6) is 2.65. The lowest BCUT2D eigenvalue weighted by Gasteiger charge is -2.21. The van der Waals surface area contributed by atoms with E-state index in [1.165, 1.54) is 5.56 Å². The number of hydrogen-bond acceptors (Lipinski definition) is 6. The average Bonchev–Trinajstić information content (AvgIpc) is 3.01. The van der Waals surface area contributed by atoms with Crippen molar-refractivity contribution in [3.05, 3.63) is 41.5 Å². The fourth-order valence-corrected chi connectivity index (χ4v) is 3.51. The van der Waals surface area contributed by atoms with Crippen LogP contribution in [0.3, 0.4) is 0 Å². The molecule has 1 aromatic carbocycles. The van der Waals surface area contributed by atoms with Gasteiger partial charge in [-0.2, -0.15) is 0 Å². The molecule has 8 nitrogen and oxygen atoms in total. The number of carbonyl (C=O) groups excluding carboxylic acids is 1. The topological polar surface area (TPSA) is 81.5 Å². The van der Waals surface area contributed by atoms with Gasteiger partial charge >= 0.3 is 0 Å². The van der Waals surface area contributed by atoms with Crippen molar-refractivity contribution in [2.75, 3.05) is 33.9 Å². The summed E-state index contributed by atoms with van der Waals surface area (Å²) in [6.07, 6.45) is 1.17. The van der Waals surface area contributed by atoms with Crippen LogP contribution in [0.4, 0.5) is 0 Å². The highest BCUT2D eigenvalue weighted by molar-refractivity contribution is 5.76. The summed E-state index contributed by atoms with van der Waals surface area (Å²) in [5.41, 5.74) is 1.18. The van der Waals surface area contributed by atoms with Gasteiger partial charge in [-0.3, -0.25) is 9.69 Å². The molecule has 0 bridgehead atoms. The predicted molar refractivity (Wildman–Crippen MR) is 105 cm³/mol. The second-order valence-electron chi connectivity index (χ2n) is 7.00. The molecular weight excluding hydrogens is 358 g/mol. The monoisotopic (exact) mass is 387 g/mol. The Kier molecular flexibility index (Phi) is 7.00. The van der Waals surface area contributed by atoms with Crippen molar-refractivity contribution in [2.24, 2.45) is 0 Å². The molecule has 0 saturated heterocycles. The van der Waals surface area contributed by atoms with Crippen LogP contribution in [0.15, 0.2) is 24.3 Å². The van der Waals surface area contributed by atoms with Gasteiger partial charge in [0.05, 0.1) is 19.8 Å². The van der Waals surface area contributed by atoms with Gasteiger partial charge in [0, 0.05) is 51.7 Å². The molecule has 28 heavy (non-hydrogen) atoms. The molecule has 1 unspecified atom stereocenters. The summed E-state index contributed by atoms with van der Waals surface area (Å²) in [5, 5.41) is 11.7. The number of aromatic nitrogens is 3.